The number of rotatable bonds is 3. The van der Waals surface area contributed by atoms with Gasteiger partial charge < -0.3 is 20.2 Å². The summed E-state index contributed by atoms with van der Waals surface area (Å²) in [4.78, 5) is 29.0. The second kappa shape index (κ2) is 6.52. The van der Waals surface area contributed by atoms with E-state index in [0.717, 1.165) is 0 Å². The van der Waals surface area contributed by atoms with Crippen LogP contribution in [0.3, 0.4) is 0 Å². The molecule has 0 fully saturated rings. The van der Waals surface area contributed by atoms with E-state index in [2.05, 4.69) is 10.3 Å². The summed E-state index contributed by atoms with van der Waals surface area (Å²) in [6, 6.07) is 13.4. The number of aromatic nitrogens is 1. The molecule has 0 aliphatic carbocycles. The van der Waals surface area contributed by atoms with Crippen LogP contribution < -0.4 is 16.0 Å². The van der Waals surface area contributed by atoms with Crippen molar-refractivity contribution in [3.63, 3.8) is 0 Å². The van der Waals surface area contributed by atoms with E-state index >= 15 is 0 Å². The second-order valence-electron chi connectivity index (χ2n) is 5.77. The minimum atomic E-state index is -0.428. The number of nitrogens with one attached hydrogen (secondary N) is 1. The molecular weight excluding hydrogens is 350 g/mol. The average Bonchev–Trinajstić information content (AvgIpc) is 2.69. The third kappa shape index (κ3) is 3.10. The first-order valence-corrected chi connectivity index (χ1v) is 7.92. The fourth-order valence-electron chi connectivity index (χ4n) is 2.71. The highest BCUT2D eigenvalue weighted by Crippen LogP contribution is 2.21. The second-order valence-corrected chi connectivity index (χ2v) is 5.77. The van der Waals surface area contributed by atoms with E-state index in [1.165, 1.54) is 30.3 Å². The molecule has 0 saturated heterocycles. The minimum Gasteiger partial charge on any atom is -0.733 e. The van der Waals surface area contributed by atoms with Crippen molar-refractivity contribution in [2.45, 2.75) is 0 Å². The van der Waals surface area contributed by atoms with Crippen LogP contribution in [-0.4, -0.2) is 16.1 Å². The van der Waals surface area contributed by atoms with Gasteiger partial charge in [0.05, 0.1) is 16.5 Å². The van der Waals surface area contributed by atoms with Gasteiger partial charge in [-0.05, 0) is 54.6 Å². The highest BCUT2D eigenvalue weighted by atomic mass is 16.8. The monoisotopic (exact) mass is 362 g/mol. The van der Waals surface area contributed by atoms with Crippen molar-refractivity contribution in [3.8, 4) is 0 Å². The van der Waals surface area contributed by atoms with Gasteiger partial charge in [-0.1, -0.05) is 0 Å². The van der Waals surface area contributed by atoms with Crippen LogP contribution in [0, 0.1) is 5.21 Å². The molecule has 0 radical (unpaired) electrons. The Labute approximate surface area is 151 Å². The summed E-state index contributed by atoms with van der Waals surface area (Å²) in [5.41, 5.74) is 1.10. The molecule has 1 amide bonds. The van der Waals surface area contributed by atoms with E-state index in [-0.39, 0.29) is 27.6 Å². The molecule has 0 spiro atoms. The summed E-state index contributed by atoms with van der Waals surface area (Å²) in [7, 11) is 0. The molecule has 0 aliphatic rings. The van der Waals surface area contributed by atoms with E-state index in [0.29, 0.717) is 22.0 Å². The maximum atomic E-state index is 12.6. The summed E-state index contributed by atoms with van der Waals surface area (Å²) in [5, 5.41) is 22.7. The molecule has 0 atom stereocenters. The van der Waals surface area contributed by atoms with Crippen LogP contribution in [0.4, 0.5) is 11.4 Å². The quantitative estimate of drug-likeness (QED) is 0.424. The maximum absolute atomic E-state index is 12.6. The minimum absolute atomic E-state index is 0.00958. The topological polar surface area (TPSA) is 119 Å². The number of pyridine rings is 1. The fourth-order valence-corrected chi connectivity index (χ4v) is 2.71. The zero-order chi connectivity index (χ0) is 19.0. The number of fused-ring (bicyclic) bond motifs is 2. The van der Waals surface area contributed by atoms with Gasteiger partial charge >= 0.3 is 0 Å². The first-order valence-electron chi connectivity index (χ1n) is 7.92. The number of anilines is 2. The predicted molar refractivity (Wildman–Crippen MR) is 99.8 cm³/mol. The molecule has 0 saturated carbocycles. The highest BCUT2D eigenvalue weighted by molar-refractivity contribution is 6.05. The van der Waals surface area contributed by atoms with Gasteiger partial charge in [-0.2, -0.15) is 0 Å². The van der Waals surface area contributed by atoms with E-state index in [1.54, 1.807) is 30.5 Å². The van der Waals surface area contributed by atoms with Crippen LogP contribution in [0.15, 0.2) is 70.0 Å². The lowest BCUT2D eigenvalue weighted by molar-refractivity contribution is 0.102. The molecule has 2 heterocycles. The molecule has 8 heteroatoms. The van der Waals surface area contributed by atoms with Gasteiger partial charge in [-0.25, -0.2) is 4.98 Å². The van der Waals surface area contributed by atoms with Crippen LogP contribution in [-0.2, 0) is 0 Å². The third-order valence-corrected chi connectivity index (χ3v) is 4.05. The molecule has 2 aromatic carbocycles. The molecule has 0 bridgehead atoms. The van der Waals surface area contributed by atoms with Crippen molar-refractivity contribution in [3.05, 3.63) is 81.8 Å². The zero-order valence-corrected chi connectivity index (χ0v) is 13.7. The van der Waals surface area contributed by atoms with E-state index in [1.807, 2.05) is 0 Å². The number of nitrogens with zero attached hydrogens (tertiary/aromatic N) is 2. The van der Waals surface area contributed by atoms with Crippen molar-refractivity contribution in [2.75, 3.05) is 10.5 Å². The number of hydrogen-bond donors (Lipinski definition) is 2. The Bertz CT molecular complexity index is 1220. The summed E-state index contributed by atoms with van der Waals surface area (Å²) in [5.74, 6) is -0.428. The maximum Gasteiger partial charge on any atom is 0.255 e. The normalized spacial score (nSPS) is 10.9. The molecule has 2 aromatic heterocycles. The van der Waals surface area contributed by atoms with Gasteiger partial charge in [0, 0.05) is 17.4 Å². The van der Waals surface area contributed by atoms with Crippen LogP contribution >= 0.6 is 0 Å². The van der Waals surface area contributed by atoms with Crippen molar-refractivity contribution in [2.24, 2.45) is 0 Å². The summed E-state index contributed by atoms with van der Waals surface area (Å²) < 4.78 is 5.63. The highest BCUT2D eigenvalue weighted by Gasteiger charge is 2.11. The Kier molecular flexibility index (Phi) is 4.03. The Morgan fingerprint density at radius 2 is 1.89 bits per heavy atom. The lowest BCUT2D eigenvalue weighted by Crippen LogP contribution is -2.13. The fraction of sp³-hybridized carbons (Fsp3) is 0. The number of carbonyl (C=O) groups excluding carboxylic acids is 1. The lowest BCUT2D eigenvalue weighted by Gasteiger charge is -2.21. The van der Waals surface area contributed by atoms with Gasteiger partial charge in [-0.15, -0.1) is 0 Å². The van der Waals surface area contributed by atoms with Crippen LogP contribution in [0.25, 0.3) is 22.1 Å². The first-order chi connectivity index (χ1) is 13.0. The summed E-state index contributed by atoms with van der Waals surface area (Å²) in [6.45, 7) is 0. The Hall–Kier alpha value is -3.75. The number of carbonyl (C=O) groups is 1. The largest absolute Gasteiger partial charge is 0.733 e. The lowest BCUT2D eigenvalue weighted by atomic mass is 10.1. The molecule has 4 aromatic rings. The number of benzene rings is 2. The number of amides is 1. The van der Waals surface area contributed by atoms with Gasteiger partial charge in [0.15, 0.2) is 0 Å². The molecule has 2 N–H and O–H groups in total. The Morgan fingerprint density at radius 1 is 1.11 bits per heavy atom. The third-order valence-electron chi connectivity index (χ3n) is 4.05. The van der Waals surface area contributed by atoms with Crippen molar-refractivity contribution < 1.29 is 14.4 Å². The van der Waals surface area contributed by atoms with Crippen LogP contribution in [0.2, 0.25) is 0 Å². The average molecular weight is 362 g/mol. The molecule has 8 nitrogen and oxygen atoms in total. The molecule has 0 unspecified atom stereocenters. The molecule has 0 aliphatic heterocycles. The zero-order valence-electron chi connectivity index (χ0n) is 13.7. The van der Waals surface area contributed by atoms with Gasteiger partial charge in [0.1, 0.15) is 5.58 Å². The summed E-state index contributed by atoms with van der Waals surface area (Å²) >= 11 is 0. The van der Waals surface area contributed by atoms with Crippen LogP contribution in [0.5, 0.6) is 0 Å². The van der Waals surface area contributed by atoms with Gasteiger partial charge in [0.2, 0.25) is 11.1 Å². The standard InChI is InChI=1S/C19H12N3O5/c23-17-14-2-1-9-20-19(14)27-16-8-5-12(10-15(16)17)21-18(24)11-3-6-13(7-4-11)22(25)26/h1-10,25H,(H,21,24)/q-1. The smallest absolute Gasteiger partial charge is 0.255 e. The van der Waals surface area contributed by atoms with Crippen molar-refractivity contribution in [1.82, 2.24) is 4.98 Å². The summed E-state index contributed by atoms with van der Waals surface area (Å²) in [6.07, 6.45) is 1.54. The SMILES string of the molecule is O=C(Nc1ccc2oc3ncccc3c(=O)c2c1)c1ccc(N([O-])O)cc1. The number of hydrogen-bond acceptors (Lipinski definition) is 7. The predicted octanol–water partition coefficient (Wildman–Crippen LogP) is 3.29. The molecule has 4 rings (SSSR count). The molecule has 27 heavy (non-hydrogen) atoms. The molecule has 134 valence electrons. The Balaban J connectivity index is 1.67. The van der Waals surface area contributed by atoms with E-state index in [4.69, 9.17) is 9.62 Å². The van der Waals surface area contributed by atoms with Gasteiger partial charge in [0.25, 0.3) is 5.91 Å². The van der Waals surface area contributed by atoms with E-state index in [9.17, 15) is 14.8 Å². The van der Waals surface area contributed by atoms with Crippen molar-refractivity contribution >= 4 is 39.4 Å². The van der Waals surface area contributed by atoms with Crippen LogP contribution in [0.1, 0.15) is 10.4 Å². The van der Waals surface area contributed by atoms with Gasteiger partial charge in [-0.3, -0.25) is 14.8 Å². The Morgan fingerprint density at radius 3 is 2.63 bits per heavy atom. The van der Waals surface area contributed by atoms with E-state index < -0.39 is 5.91 Å². The first kappa shape index (κ1) is 16.7. The van der Waals surface area contributed by atoms with Crippen molar-refractivity contribution in [1.29, 1.82) is 0 Å². The molecular formula is C19H12N3O5-.